The Morgan fingerprint density at radius 1 is 0.767 bits per heavy atom. The van der Waals surface area contributed by atoms with Crippen LogP contribution in [0.5, 0.6) is 0 Å². The fourth-order valence-corrected chi connectivity index (χ4v) is 7.22. The number of benzene rings is 3. The zero-order chi connectivity index (χ0) is 22.1. The van der Waals surface area contributed by atoms with Crippen LogP contribution < -0.4 is 3.71 Å². The van der Waals surface area contributed by atoms with Gasteiger partial charge in [0.1, 0.15) is 0 Å². The molecule has 0 atom stereocenters. The maximum atomic E-state index is 13.7. The second-order valence-corrected chi connectivity index (χ2v) is 10.7. The predicted molar refractivity (Wildman–Crippen MR) is 115 cm³/mol. The lowest BCUT2D eigenvalue weighted by Crippen LogP contribution is -2.38. The first kappa shape index (κ1) is 21.6. The first-order valence-electron chi connectivity index (χ1n) is 9.02. The van der Waals surface area contributed by atoms with E-state index >= 15 is 0 Å². The van der Waals surface area contributed by atoms with Crippen LogP contribution in [0.1, 0.15) is 22.3 Å². The van der Waals surface area contributed by atoms with Crippen LogP contribution in [0.3, 0.4) is 0 Å². The molecule has 0 spiro atoms. The van der Waals surface area contributed by atoms with E-state index in [1.165, 1.54) is 36.4 Å². The van der Waals surface area contributed by atoms with Crippen molar-refractivity contribution in [2.75, 3.05) is 3.71 Å². The minimum atomic E-state index is -4.55. The molecule has 0 fully saturated rings. The SMILES string of the molecule is Cc1ccc(C)c(S(=O)(=O)N(c2ccccc2C)S(=O)(=O)c2cccc(C#N)c2)c1. The molecule has 3 aromatic rings. The van der Waals surface area contributed by atoms with Gasteiger partial charge in [0, 0.05) is 0 Å². The molecule has 0 saturated heterocycles. The Bertz CT molecular complexity index is 1370. The molecule has 0 aliphatic carbocycles. The maximum absolute atomic E-state index is 13.7. The number of aryl methyl sites for hydroxylation is 3. The monoisotopic (exact) mass is 440 g/mol. The van der Waals surface area contributed by atoms with E-state index in [0.717, 1.165) is 0 Å². The van der Waals surface area contributed by atoms with E-state index in [9.17, 15) is 16.8 Å². The molecule has 0 amide bonds. The first-order valence-corrected chi connectivity index (χ1v) is 11.9. The summed E-state index contributed by atoms with van der Waals surface area (Å²) in [6, 6.07) is 18.4. The summed E-state index contributed by atoms with van der Waals surface area (Å²) in [5, 5.41) is 9.16. The lowest BCUT2D eigenvalue weighted by molar-refractivity contribution is 0.583. The highest BCUT2D eigenvalue weighted by molar-refractivity contribution is 8.10. The number of nitrogens with zero attached hydrogens (tertiary/aromatic N) is 2. The van der Waals surface area contributed by atoms with Crippen molar-refractivity contribution in [1.29, 1.82) is 5.26 Å². The molecule has 3 rings (SSSR count). The van der Waals surface area contributed by atoms with Crippen LogP contribution in [0.25, 0.3) is 0 Å². The van der Waals surface area contributed by atoms with Gasteiger partial charge in [0.25, 0.3) is 20.0 Å². The predicted octanol–water partition coefficient (Wildman–Crippen LogP) is 4.07. The van der Waals surface area contributed by atoms with Gasteiger partial charge in [0.05, 0.1) is 27.1 Å². The minimum absolute atomic E-state index is 0.0285. The second-order valence-electron chi connectivity index (χ2n) is 6.90. The molecular formula is C22H20N2O4S2. The van der Waals surface area contributed by atoms with Crippen LogP contribution in [-0.2, 0) is 20.0 Å². The van der Waals surface area contributed by atoms with Crippen LogP contribution >= 0.6 is 0 Å². The molecule has 0 aliphatic heterocycles. The van der Waals surface area contributed by atoms with E-state index in [4.69, 9.17) is 5.26 Å². The van der Waals surface area contributed by atoms with Crippen LogP contribution in [0.4, 0.5) is 5.69 Å². The molecule has 8 heteroatoms. The van der Waals surface area contributed by atoms with Crippen molar-refractivity contribution >= 4 is 25.7 Å². The molecule has 0 aliphatic rings. The van der Waals surface area contributed by atoms with Crippen molar-refractivity contribution in [2.45, 2.75) is 30.6 Å². The quantitative estimate of drug-likeness (QED) is 0.596. The van der Waals surface area contributed by atoms with Crippen molar-refractivity contribution in [1.82, 2.24) is 0 Å². The van der Waals surface area contributed by atoms with Gasteiger partial charge in [-0.25, -0.2) is 8.42 Å². The van der Waals surface area contributed by atoms with Gasteiger partial charge >= 0.3 is 0 Å². The smallest absolute Gasteiger partial charge is 0.200 e. The lowest BCUT2D eigenvalue weighted by atomic mass is 10.2. The van der Waals surface area contributed by atoms with Crippen molar-refractivity contribution in [3.8, 4) is 6.07 Å². The number of sulfonamides is 2. The summed E-state index contributed by atoms with van der Waals surface area (Å²) in [6.45, 7) is 4.99. The zero-order valence-electron chi connectivity index (χ0n) is 16.7. The third-order valence-electron chi connectivity index (χ3n) is 4.63. The Morgan fingerprint density at radius 3 is 2.13 bits per heavy atom. The highest BCUT2D eigenvalue weighted by atomic mass is 32.3. The Morgan fingerprint density at radius 2 is 1.47 bits per heavy atom. The Balaban J connectivity index is 2.36. The Labute approximate surface area is 177 Å². The van der Waals surface area contributed by atoms with Crippen LogP contribution in [0, 0.1) is 32.1 Å². The van der Waals surface area contributed by atoms with Crippen molar-refractivity contribution in [3.63, 3.8) is 0 Å². The first-order chi connectivity index (χ1) is 14.1. The van der Waals surface area contributed by atoms with Gasteiger partial charge in [0.15, 0.2) is 0 Å². The van der Waals surface area contributed by atoms with Crippen molar-refractivity contribution in [3.05, 3.63) is 89.0 Å². The van der Waals surface area contributed by atoms with Crippen LogP contribution in [0.2, 0.25) is 0 Å². The summed E-state index contributed by atoms with van der Waals surface area (Å²) in [4.78, 5) is -0.371. The Kier molecular flexibility index (Phi) is 5.70. The summed E-state index contributed by atoms with van der Waals surface area (Å²) in [5.74, 6) is 0. The van der Waals surface area contributed by atoms with E-state index in [1.807, 2.05) is 6.07 Å². The van der Waals surface area contributed by atoms with Gasteiger partial charge in [-0.1, -0.05) is 36.4 Å². The van der Waals surface area contributed by atoms with E-state index in [-0.39, 0.29) is 21.0 Å². The molecule has 0 unspecified atom stereocenters. The highest BCUT2D eigenvalue weighted by Gasteiger charge is 2.38. The maximum Gasteiger partial charge on any atom is 0.277 e. The number of anilines is 1. The number of rotatable bonds is 5. The molecule has 0 bridgehead atoms. The molecule has 0 heterocycles. The molecule has 30 heavy (non-hydrogen) atoms. The largest absolute Gasteiger partial charge is 0.277 e. The van der Waals surface area contributed by atoms with Crippen LogP contribution in [-0.4, -0.2) is 16.8 Å². The zero-order valence-corrected chi connectivity index (χ0v) is 18.3. The molecule has 154 valence electrons. The normalized spacial score (nSPS) is 11.7. The third kappa shape index (κ3) is 3.82. The summed E-state index contributed by atoms with van der Waals surface area (Å²) in [6.07, 6.45) is 0. The van der Waals surface area contributed by atoms with Gasteiger partial charge in [-0.3, -0.25) is 0 Å². The molecule has 0 radical (unpaired) electrons. The van der Waals surface area contributed by atoms with Crippen molar-refractivity contribution < 1.29 is 16.8 Å². The minimum Gasteiger partial charge on any atom is -0.200 e. The lowest BCUT2D eigenvalue weighted by Gasteiger charge is -2.26. The Hall–Kier alpha value is -3.15. The molecule has 6 nitrogen and oxygen atoms in total. The average molecular weight is 441 g/mol. The summed E-state index contributed by atoms with van der Waals surface area (Å²) >= 11 is 0. The van der Waals surface area contributed by atoms with Gasteiger partial charge in [-0.15, -0.1) is 0 Å². The van der Waals surface area contributed by atoms with Gasteiger partial charge in [-0.2, -0.15) is 17.4 Å². The van der Waals surface area contributed by atoms with E-state index in [1.54, 1.807) is 51.1 Å². The molecule has 0 N–H and O–H groups in total. The van der Waals surface area contributed by atoms with E-state index in [0.29, 0.717) is 20.4 Å². The molecule has 0 aromatic heterocycles. The number of hydrogen-bond donors (Lipinski definition) is 0. The van der Waals surface area contributed by atoms with E-state index in [2.05, 4.69) is 0 Å². The molecular weight excluding hydrogens is 420 g/mol. The van der Waals surface area contributed by atoms with E-state index < -0.39 is 20.0 Å². The van der Waals surface area contributed by atoms with Gasteiger partial charge < -0.3 is 0 Å². The topological polar surface area (TPSA) is 95.3 Å². The fraction of sp³-hybridized carbons (Fsp3) is 0.136. The summed E-state index contributed by atoms with van der Waals surface area (Å²) < 4.78 is 55.1. The van der Waals surface area contributed by atoms with Gasteiger partial charge in [-0.05, 0) is 67.8 Å². The third-order valence-corrected chi connectivity index (χ3v) is 8.92. The average Bonchev–Trinajstić information content (AvgIpc) is 2.71. The second kappa shape index (κ2) is 7.94. The van der Waals surface area contributed by atoms with Gasteiger partial charge in [0.2, 0.25) is 0 Å². The molecule has 3 aromatic carbocycles. The highest BCUT2D eigenvalue weighted by Crippen LogP contribution is 2.34. The standard InChI is InChI=1S/C22H20N2O4S2/c1-16-11-12-18(3)22(13-16)30(27,28)24(21-10-5-4-7-17(21)2)29(25,26)20-9-6-8-19(14-20)15-23/h4-14H,1-3H3. The van der Waals surface area contributed by atoms with Crippen LogP contribution in [0.15, 0.2) is 76.5 Å². The summed E-state index contributed by atoms with van der Waals surface area (Å²) in [5.41, 5.74) is 1.74. The summed E-state index contributed by atoms with van der Waals surface area (Å²) in [7, 11) is -9.04. The van der Waals surface area contributed by atoms with Crippen molar-refractivity contribution in [2.24, 2.45) is 0 Å². The number of hydrogen-bond acceptors (Lipinski definition) is 5. The number of nitriles is 1. The fourth-order valence-electron chi connectivity index (χ4n) is 3.05. The number of para-hydroxylation sites is 1. The molecule has 0 saturated carbocycles.